The molecule has 0 aromatic rings. The van der Waals surface area contributed by atoms with Crippen LogP contribution < -0.4 is 11.2 Å². The SMILES string of the molecule is NC(=O)CCCONC=O. The fraction of sp³-hybridized carbons (Fsp3) is 0.600. The third-order valence-corrected chi connectivity index (χ3v) is 0.801. The summed E-state index contributed by atoms with van der Waals surface area (Å²) in [6.45, 7) is 0.307. The van der Waals surface area contributed by atoms with E-state index in [1.807, 2.05) is 5.48 Å². The van der Waals surface area contributed by atoms with Crippen LogP contribution in [0.4, 0.5) is 0 Å². The van der Waals surface area contributed by atoms with E-state index in [0.717, 1.165) is 0 Å². The summed E-state index contributed by atoms with van der Waals surface area (Å²) >= 11 is 0. The van der Waals surface area contributed by atoms with Crippen molar-refractivity contribution in [1.29, 1.82) is 0 Å². The van der Waals surface area contributed by atoms with Crippen molar-refractivity contribution in [3.05, 3.63) is 0 Å². The van der Waals surface area contributed by atoms with Gasteiger partial charge in [-0.1, -0.05) is 0 Å². The molecule has 5 nitrogen and oxygen atoms in total. The summed E-state index contributed by atoms with van der Waals surface area (Å²) in [4.78, 5) is 24.2. The number of carbonyl (C=O) groups is 2. The zero-order valence-corrected chi connectivity index (χ0v) is 5.50. The zero-order chi connectivity index (χ0) is 7.82. The van der Waals surface area contributed by atoms with Crippen LogP contribution in [-0.2, 0) is 14.4 Å². The number of rotatable bonds is 6. The van der Waals surface area contributed by atoms with E-state index in [0.29, 0.717) is 19.4 Å². The molecule has 0 aliphatic carbocycles. The Morgan fingerprint density at radius 1 is 1.70 bits per heavy atom. The molecule has 0 radical (unpaired) electrons. The molecule has 58 valence electrons. The van der Waals surface area contributed by atoms with Crippen molar-refractivity contribution in [1.82, 2.24) is 5.48 Å². The maximum atomic E-state index is 10.1. The lowest BCUT2D eigenvalue weighted by Crippen LogP contribution is -2.15. The van der Waals surface area contributed by atoms with Crippen molar-refractivity contribution >= 4 is 12.3 Å². The third-order valence-electron chi connectivity index (χ3n) is 0.801. The Morgan fingerprint density at radius 2 is 2.40 bits per heavy atom. The maximum absolute atomic E-state index is 10.1. The molecule has 0 spiro atoms. The highest BCUT2D eigenvalue weighted by molar-refractivity contribution is 5.73. The Hall–Kier alpha value is -1.10. The van der Waals surface area contributed by atoms with Crippen LogP contribution in [0.25, 0.3) is 0 Å². The van der Waals surface area contributed by atoms with E-state index in [2.05, 4.69) is 4.84 Å². The van der Waals surface area contributed by atoms with E-state index in [1.165, 1.54) is 0 Å². The number of nitrogens with one attached hydrogen (secondary N) is 1. The number of carbonyl (C=O) groups excluding carboxylic acids is 2. The molecular weight excluding hydrogens is 136 g/mol. The number of amides is 2. The summed E-state index contributed by atoms with van der Waals surface area (Å²) in [5, 5.41) is 0. The zero-order valence-electron chi connectivity index (χ0n) is 5.50. The Bertz CT molecular complexity index is 115. The standard InChI is InChI=1S/C5H10N2O3/c6-5(9)2-1-3-10-7-4-8/h4H,1-3H2,(H2,6,9)(H,7,8). The summed E-state index contributed by atoms with van der Waals surface area (Å²) < 4.78 is 0. The maximum Gasteiger partial charge on any atom is 0.230 e. The molecule has 0 bridgehead atoms. The van der Waals surface area contributed by atoms with Crippen LogP contribution in [-0.4, -0.2) is 18.9 Å². The molecule has 3 N–H and O–H groups in total. The highest BCUT2D eigenvalue weighted by Gasteiger charge is 1.92. The molecule has 0 aromatic carbocycles. The van der Waals surface area contributed by atoms with Gasteiger partial charge >= 0.3 is 0 Å². The molecule has 0 heterocycles. The number of nitrogens with two attached hydrogens (primary N) is 1. The molecule has 0 fully saturated rings. The predicted molar refractivity (Wildman–Crippen MR) is 33.6 cm³/mol. The second kappa shape index (κ2) is 6.03. The van der Waals surface area contributed by atoms with E-state index in [9.17, 15) is 9.59 Å². The molecule has 0 aliphatic rings. The van der Waals surface area contributed by atoms with Gasteiger partial charge in [-0.05, 0) is 6.42 Å². The van der Waals surface area contributed by atoms with E-state index in [-0.39, 0.29) is 12.3 Å². The third kappa shape index (κ3) is 6.90. The highest BCUT2D eigenvalue weighted by atomic mass is 16.6. The summed E-state index contributed by atoms with van der Waals surface area (Å²) in [6.07, 6.45) is 1.22. The van der Waals surface area contributed by atoms with Gasteiger partial charge < -0.3 is 5.73 Å². The van der Waals surface area contributed by atoms with Gasteiger partial charge in [-0.2, -0.15) is 0 Å². The van der Waals surface area contributed by atoms with Crippen LogP contribution in [0.2, 0.25) is 0 Å². The molecule has 5 heteroatoms. The molecule has 10 heavy (non-hydrogen) atoms. The van der Waals surface area contributed by atoms with Crippen molar-refractivity contribution in [2.45, 2.75) is 12.8 Å². The highest BCUT2D eigenvalue weighted by Crippen LogP contribution is 1.85. The number of hydroxylamine groups is 1. The fourth-order valence-corrected chi connectivity index (χ4v) is 0.412. The van der Waals surface area contributed by atoms with Gasteiger partial charge in [0.15, 0.2) is 0 Å². The molecule has 2 amide bonds. The molecule has 0 rings (SSSR count). The summed E-state index contributed by atoms with van der Waals surface area (Å²) in [5.74, 6) is -0.366. The Balaban J connectivity index is 2.90. The molecule has 0 atom stereocenters. The van der Waals surface area contributed by atoms with Crippen molar-refractivity contribution in [2.75, 3.05) is 6.61 Å². The van der Waals surface area contributed by atoms with E-state index in [1.54, 1.807) is 0 Å². The number of primary amides is 1. The minimum atomic E-state index is -0.366. The normalized spacial score (nSPS) is 8.80. The minimum Gasteiger partial charge on any atom is -0.370 e. The molecule has 0 saturated heterocycles. The second-order valence-electron chi connectivity index (χ2n) is 1.65. The monoisotopic (exact) mass is 146 g/mol. The van der Waals surface area contributed by atoms with Crippen molar-refractivity contribution in [3.8, 4) is 0 Å². The molecular formula is C5H10N2O3. The molecule has 0 unspecified atom stereocenters. The molecule has 0 aromatic heterocycles. The van der Waals surface area contributed by atoms with Gasteiger partial charge in [-0.25, -0.2) is 5.48 Å². The van der Waals surface area contributed by atoms with Crippen LogP contribution in [0.15, 0.2) is 0 Å². The van der Waals surface area contributed by atoms with Crippen LogP contribution in [0.1, 0.15) is 12.8 Å². The quantitative estimate of drug-likeness (QED) is 0.284. The smallest absolute Gasteiger partial charge is 0.230 e. The summed E-state index contributed by atoms with van der Waals surface area (Å²) in [7, 11) is 0. The number of hydrogen-bond donors (Lipinski definition) is 2. The topological polar surface area (TPSA) is 81.4 Å². The fourth-order valence-electron chi connectivity index (χ4n) is 0.412. The van der Waals surface area contributed by atoms with Crippen molar-refractivity contribution in [3.63, 3.8) is 0 Å². The van der Waals surface area contributed by atoms with Gasteiger partial charge in [-0.3, -0.25) is 14.4 Å². The predicted octanol–water partition coefficient (Wildman–Crippen LogP) is -1.07. The minimum absolute atomic E-state index is 0.278. The lowest BCUT2D eigenvalue weighted by atomic mass is 10.3. The Morgan fingerprint density at radius 3 is 2.90 bits per heavy atom. The van der Waals surface area contributed by atoms with E-state index < -0.39 is 0 Å². The van der Waals surface area contributed by atoms with Crippen molar-refractivity contribution in [2.24, 2.45) is 5.73 Å². The average Bonchev–Trinajstić information content (AvgIpc) is 1.87. The van der Waals surface area contributed by atoms with Gasteiger partial charge in [0.2, 0.25) is 12.3 Å². The van der Waals surface area contributed by atoms with Gasteiger partial charge in [0.25, 0.3) is 0 Å². The van der Waals surface area contributed by atoms with Gasteiger partial charge in [0.05, 0.1) is 6.61 Å². The van der Waals surface area contributed by atoms with Crippen LogP contribution in [0.3, 0.4) is 0 Å². The first-order valence-electron chi connectivity index (χ1n) is 2.86. The molecule has 0 saturated carbocycles. The van der Waals surface area contributed by atoms with Crippen LogP contribution in [0.5, 0.6) is 0 Å². The number of hydrogen-bond acceptors (Lipinski definition) is 3. The van der Waals surface area contributed by atoms with Crippen LogP contribution in [0, 0.1) is 0 Å². The Labute approximate surface area is 58.5 Å². The van der Waals surface area contributed by atoms with E-state index in [4.69, 9.17) is 5.73 Å². The lowest BCUT2D eigenvalue weighted by molar-refractivity contribution is -0.121. The first-order chi connectivity index (χ1) is 4.77. The van der Waals surface area contributed by atoms with Gasteiger partial charge in [-0.15, -0.1) is 0 Å². The molecule has 0 aliphatic heterocycles. The van der Waals surface area contributed by atoms with Crippen LogP contribution >= 0.6 is 0 Å². The van der Waals surface area contributed by atoms with Gasteiger partial charge in [0, 0.05) is 6.42 Å². The van der Waals surface area contributed by atoms with Crippen molar-refractivity contribution < 1.29 is 14.4 Å². The van der Waals surface area contributed by atoms with Gasteiger partial charge in [0.1, 0.15) is 0 Å². The summed E-state index contributed by atoms with van der Waals surface area (Å²) in [5.41, 5.74) is 6.81. The average molecular weight is 146 g/mol. The Kier molecular flexibility index (Phi) is 5.36. The largest absolute Gasteiger partial charge is 0.370 e. The summed E-state index contributed by atoms with van der Waals surface area (Å²) in [6, 6.07) is 0. The van der Waals surface area contributed by atoms with E-state index >= 15 is 0 Å². The first kappa shape index (κ1) is 8.90. The first-order valence-corrected chi connectivity index (χ1v) is 2.86. The lowest BCUT2D eigenvalue weighted by Gasteiger charge is -1.97. The second-order valence-corrected chi connectivity index (χ2v) is 1.65.